The number of nitrogens with zero attached hydrogens (tertiary/aromatic N) is 1. The normalized spacial score (nSPS) is 15.5. The average Bonchev–Trinajstić information content (AvgIpc) is 2.77. The maximum absolute atomic E-state index is 13.6. The minimum absolute atomic E-state index is 0.0454. The zero-order valence-electron chi connectivity index (χ0n) is 18.7. The molecule has 0 spiro atoms. The van der Waals surface area contributed by atoms with E-state index in [9.17, 15) is 9.59 Å². The van der Waals surface area contributed by atoms with Crippen molar-refractivity contribution in [3.63, 3.8) is 0 Å². The maximum Gasteiger partial charge on any atom is 0.320 e. The summed E-state index contributed by atoms with van der Waals surface area (Å²) >= 11 is 0. The van der Waals surface area contributed by atoms with Crippen LogP contribution in [0.4, 0.5) is 0 Å². The molecule has 1 N–H and O–H groups in total. The molecule has 0 radical (unpaired) electrons. The van der Waals surface area contributed by atoms with Crippen molar-refractivity contribution in [2.75, 3.05) is 13.2 Å². The van der Waals surface area contributed by atoms with Crippen LogP contribution in [0.5, 0.6) is 0 Å². The van der Waals surface area contributed by atoms with Gasteiger partial charge in [0.05, 0.1) is 13.2 Å². The fourth-order valence-electron chi connectivity index (χ4n) is 4.23. The molecular weight excluding hydrogens is 388 g/mol. The molecule has 0 aromatic heterocycles. The van der Waals surface area contributed by atoms with Crippen molar-refractivity contribution in [2.45, 2.75) is 64.6 Å². The number of aryl methyl sites for hydroxylation is 1. The Morgan fingerprint density at radius 2 is 1.71 bits per heavy atom. The lowest BCUT2D eigenvalue weighted by Crippen LogP contribution is -2.46. The molecule has 2 aromatic rings. The van der Waals surface area contributed by atoms with E-state index in [-0.39, 0.29) is 24.5 Å². The van der Waals surface area contributed by atoms with E-state index < -0.39 is 6.04 Å². The van der Waals surface area contributed by atoms with E-state index in [0.29, 0.717) is 13.2 Å². The third kappa shape index (κ3) is 6.93. The Balaban J connectivity index is 1.90. The minimum atomic E-state index is -0.563. The van der Waals surface area contributed by atoms with Crippen LogP contribution in [0.1, 0.15) is 61.8 Å². The van der Waals surface area contributed by atoms with Gasteiger partial charge in [-0.2, -0.15) is 0 Å². The van der Waals surface area contributed by atoms with Gasteiger partial charge in [0.2, 0.25) is 5.91 Å². The summed E-state index contributed by atoms with van der Waals surface area (Å²) in [6.45, 7) is 4.69. The Hall–Kier alpha value is -2.66. The highest BCUT2D eigenvalue weighted by molar-refractivity contribution is 5.84. The van der Waals surface area contributed by atoms with Crippen LogP contribution in [-0.4, -0.2) is 36.0 Å². The fraction of sp³-hybridized carbons (Fsp3) is 0.462. The Morgan fingerprint density at radius 3 is 2.35 bits per heavy atom. The predicted octanol–water partition coefficient (Wildman–Crippen LogP) is 4.55. The zero-order chi connectivity index (χ0) is 22.1. The highest BCUT2D eigenvalue weighted by atomic mass is 16.5. The van der Waals surface area contributed by atoms with Crippen LogP contribution in [-0.2, 0) is 20.9 Å². The van der Waals surface area contributed by atoms with Crippen molar-refractivity contribution < 1.29 is 14.3 Å². The largest absolute Gasteiger partial charge is 0.465 e. The molecular formula is C26H34N2O3. The summed E-state index contributed by atoms with van der Waals surface area (Å²) in [4.78, 5) is 27.9. The second-order valence-corrected chi connectivity index (χ2v) is 8.35. The molecule has 1 atom stereocenters. The number of hydrogen-bond acceptors (Lipinski definition) is 4. The monoisotopic (exact) mass is 422 g/mol. The molecule has 1 fully saturated rings. The topological polar surface area (TPSA) is 58.6 Å². The first-order valence-electron chi connectivity index (χ1n) is 11.4. The van der Waals surface area contributed by atoms with Crippen LogP contribution in [0.25, 0.3) is 0 Å². The Kier molecular flexibility index (Phi) is 8.65. The summed E-state index contributed by atoms with van der Waals surface area (Å²) in [6, 6.07) is 17.6. The number of rotatable bonds is 9. The summed E-state index contributed by atoms with van der Waals surface area (Å²) in [5, 5.41) is 3.27. The van der Waals surface area contributed by atoms with Gasteiger partial charge in [0.25, 0.3) is 0 Å². The molecule has 0 heterocycles. The van der Waals surface area contributed by atoms with E-state index in [0.717, 1.165) is 42.4 Å². The quantitative estimate of drug-likeness (QED) is 0.602. The number of carbonyl (C=O) groups is 2. The van der Waals surface area contributed by atoms with Gasteiger partial charge in [0, 0.05) is 12.6 Å². The van der Waals surface area contributed by atoms with Crippen LogP contribution in [0.15, 0.2) is 54.6 Å². The highest BCUT2D eigenvalue weighted by Crippen LogP contribution is 2.26. The minimum Gasteiger partial charge on any atom is -0.465 e. The number of hydrogen-bond donors (Lipinski definition) is 1. The molecule has 0 aliphatic heterocycles. The molecule has 2 aromatic carbocycles. The SMILES string of the molecule is CCOC(=O)CN(Cc1ccccc1)[C@@H](C(=O)NC1CCCCC1)c1ccc(C)cc1. The molecule has 1 aliphatic rings. The third-order valence-corrected chi connectivity index (χ3v) is 5.82. The lowest BCUT2D eigenvalue weighted by Gasteiger charge is -2.33. The molecule has 166 valence electrons. The Morgan fingerprint density at radius 1 is 1.03 bits per heavy atom. The first-order chi connectivity index (χ1) is 15.1. The van der Waals surface area contributed by atoms with Gasteiger partial charge in [-0.3, -0.25) is 14.5 Å². The van der Waals surface area contributed by atoms with Gasteiger partial charge in [0.15, 0.2) is 0 Å². The molecule has 5 heteroatoms. The van der Waals surface area contributed by atoms with Gasteiger partial charge in [-0.1, -0.05) is 79.4 Å². The molecule has 1 aliphatic carbocycles. The molecule has 3 rings (SSSR count). The van der Waals surface area contributed by atoms with Crippen molar-refractivity contribution in [1.82, 2.24) is 10.2 Å². The molecule has 1 saturated carbocycles. The summed E-state index contributed by atoms with van der Waals surface area (Å²) in [6.07, 6.45) is 5.57. The van der Waals surface area contributed by atoms with Crippen LogP contribution in [0.3, 0.4) is 0 Å². The maximum atomic E-state index is 13.6. The number of benzene rings is 2. The molecule has 0 saturated heterocycles. The number of ether oxygens (including phenoxy) is 1. The van der Waals surface area contributed by atoms with Crippen molar-refractivity contribution >= 4 is 11.9 Å². The molecule has 0 unspecified atom stereocenters. The Bertz CT molecular complexity index is 829. The van der Waals surface area contributed by atoms with Crippen molar-refractivity contribution in [3.05, 3.63) is 71.3 Å². The van der Waals surface area contributed by atoms with Gasteiger partial charge in [-0.15, -0.1) is 0 Å². The number of esters is 1. The van der Waals surface area contributed by atoms with Gasteiger partial charge in [-0.25, -0.2) is 0 Å². The van der Waals surface area contributed by atoms with Gasteiger partial charge >= 0.3 is 5.97 Å². The second kappa shape index (κ2) is 11.7. The average molecular weight is 423 g/mol. The third-order valence-electron chi connectivity index (χ3n) is 5.82. The fourth-order valence-corrected chi connectivity index (χ4v) is 4.23. The van der Waals surface area contributed by atoms with Gasteiger partial charge in [0.1, 0.15) is 6.04 Å². The summed E-state index contributed by atoms with van der Waals surface area (Å²) in [7, 11) is 0. The van der Waals surface area contributed by atoms with Gasteiger partial charge < -0.3 is 10.1 Å². The van der Waals surface area contributed by atoms with Crippen LogP contribution < -0.4 is 5.32 Å². The van der Waals surface area contributed by atoms with Crippen LogP contribution in [0, 0.1) is 6.92 Å². The van der Waals surface area contributed by atoms with Crippen molar-refractivity contribution in [3.8, 4) is 0 Å². The number of carbonyl (C=O) groups excluding carboxylic acids is 2. The van der Waals surface area contributed by atoms with E-state index in [1.165, 1.54) is 6.42 Å². The van der Waals surface area contributed by atoms with E-state index in [1.54, 1.807) is 6.92 Å². The number of nitrogens with one attached hydrogen (secondary N) is 1. The lowest BCUT2D eigenvalue weighted by atomic mass is 9.94. The van der Waals surface area contributed by atoms with Crippen molar-refractivity contribution in [1.29, 1.82) is 0 Å². The van der Waals surface area contributed by atoms with E-state index in [2.05, 4.69) is 5.32 Å². The van der Waals surface area contributed by atoms with Crippen LogP contribution >= 0.6 is 0 Å². The second-order valence-electron chi connectivity index (χ2n) is 8.35. The molecule has 0 bridgehead atoms. The van der Waals surface area contributed by atoms with E-state index >= 15 is 0 Å². The molecule has 5 nitrogen and oxygen atoms in total. The first-order valence-corrected chi connectivity index (χ1v) is 11.4. The smallest absolute Gasteiger partial charge is 0.320 e. The summed E-state index contributed by atoms with van der Waals surface area (Å²) in [5.74, 6) is -0.364. The number of amides is 1. The zero-order valence-corrected chi connectivity index (χ0v) is 18.7. The summed E-state index contributed by atoms with van der Waals surface area (Å²) < 4.78 is 5.23. The Labute approximate surface area is 185 Å². The molecule has 1 amide bonds. The van der Waals surface area contributed by atoms with Crippen molar-refractivity contribution in [2.24, 2.45) is 0 Å². The van der Waals surface area contributed by atoms with Gasteiger partial charge in [-0.05, 0) is 37.8 Å². The first kappa shape index (κ1) is 23.0. The standard InChI is InChI=1S/C26H34N2O3/c1-3-31-24(29)19-28(18-21-10-6-4-7-11-21)25(22-16-14-20(2)15-17-22)26(30)27-23-12-8-5-9-13-23/h4,6-7,10-11,14-17,23,25H,3,5,8-9,12-13,18-19H2,1-2H3,(H,27,30)/t25-/m1/s1. The lowest BCUT2D eigenvalue weighted by molar-refractivity contribution is -0.146. The highest BCUT2D eigenvalue weighted by Gasteiger charge is 2.31. The van der Waals surface area contributed by atoms with E-state index in [1.807, 2.05) is 66.4 Å². The molecule has 31 heavy (non-hydrogen) atoms. The summed E-state index contributed by atoms with van der Waals surface area (Å²) in [5.41, 5.74) is 3.07. The van der Waals surface area contributed by atoms with E-state index in [4.69, 9.17) is 4.74 Å². The predicted molar refractivity (Wildman–Crippen MR) is 122 cm³/mol. The van der Waals surface area contributed by atoms with Crippen LogP contribution in [0.2, 0.25) is 0 Å².